The Labute approximate surface area is 109 Å². The maximum absolute atomic E-state index is 12.2. The van der Waals surface area contributed by atoms with E-state index in [1.54, 1.807) is 24.3 Å². The second-order valence-electron chi connectivity index (χ2n) is 2.83. The van der Waals surface area contributed by atoms with Gasteiger partial charge in [0, 0.05) is 0 Å². The highest BCUT2D eigenvalue weighted by atomic mass is 35.5. The topological polar surface area (TPSA) is 0 Å². The Morgan fingerprint density at radius 3 is 1.25 bits per heavy atom. The summed E-state index contributed by atoms with van der Waals surface area (Å²) in [5, 5.41) is 1.39. The summed E-state index contributed by atoms with van der Waals surface area (Å²) in [5.74, 6) is -0.367. The second kappa shape index (κ2) is 6.74. The lowest BCUT2D eigenvalue weighted by atomic mass is 10.4. The van der Waals surface area contributed by atoms with Gasteiger partial charge in [0.15, 0.2) is 0 Å². The zero-order valence-corrected chi connectivity index (χ0v) is 10.4. The van der Waals surface area contributed by atoms with Crippen molar-refractivity contribution in [2.24, 2.45) is 0 Å². The van der Waals surface area contributed by atoms with Crippen LogP contribution in [-0.4, -0.2) is 0 Å². The molecule has 0 radical (unpaired) electrons. The van der Waals surface area contributed by atoms with Crippen LogP contribution in [0.5, 0.6) is 0 Å². The maximum atomic E-state index is 12.2. The zero-order valence-electron chi connectivity index (χ0n) is 8.13. The van der Waals surface area contributed by atoms with Gasteiger partial charge >= 0.3 is 0 Å². The molecule has 0 atom stereocenters. The highest BCUT2D eigenvalue weighted by Gasteiger charge is 1.91. The lowest BCUT2D eigenvalue weighted by molar-refractivity contribution is 0.628. The van der Waals surface area contributed by atoms with Gasteiger partial charge in [-0.2, -0.15) is 0 Å². The average molecular weight is 278 g/mol. The molecule has 0 saturated carbocycles. The van der Waals surface area contributed by atoms with Crippen molar-refractivity contribution in [3.8, 4) is 0 Å². The zero-order chi connectivity index (χ0) is 12.0. The van der Waals surface area contributed by atoms with Crippen LogP contribution in [0.15, 0.2) is 48.5 Å². The molecule has 0 aliphatic carbocycles. The van der Waals surface area contributed by atoms with Crippen LogP contribution in [0.2, 0.25) is 15.1 Å². The van der Waals surface area contributed by atoms with E-state index >= 15 is 0 Å². The first kappa shape index (κ1) is 13.3. The average Bonchev–Trinajstić information content (AvgIpc) is 2.28. The Balaban J connectivity index is 0.000000160. The maximum Gasteiger partial charge on any atom is 0.141 e. The van der Waals surface area contributed by atoms with E-state index in [-0.39, 0.29) is 10.8 Å². The molecule has 0 unspecified atom stereocenters. The van der Waals surface area contributed by atoms with Crippen molar-refractivity contribution >= 4 is 34.8 Å². The van der Waals surface area contributed by atoms with Crippen LogP contribution in [-0.2, 0) is 0 Å². The van der Waals surface area contributed by atoms with Crippen LogP contribution in [0.1, 0.15) is 0 Å². The predicted octanol–water partition coefficient (Wildman–Crippen LogP) is 5.47. The summed E-state index contributed by atoms with van der Waals surface area (Å²) in [4.78, 5) is 0. The van der Waals surface area contributed by atoms with Gasteiger partial charge in [0.25, 0.3) is 0 Å². The van der Waals surface area contributed by atoms with Gasteiger partial charge < -0.3 is 0 Å². The van der Waals surface area contributed by atoms with Crippen molar-refractivity contribution < 1.29 is 4.39 Å². The highest BCUT2D eigenvalue weighted by molar-refractivity contribution is 6.41. The quantitative estimate of drug-likeness (QED) is 0.599. The molecule has 0 amide bonds. The SMILES string of the molecule is Clc1ccccc1Cl.Fc1ccccc1Cl. The Hall–Kier alpha value is -0.760. The third-order valence-corrected chi connectivity index (χ3v) is 2.71. The summed E-state index contributed by atoms with van der Waals surface area (Å²) in [6.45, 7) is 0. The van der Waals surface area contributed by atoms with Gasteiger partial charge in [-0.25, -0.2) is 4.39 Å². The van der Waals surface area contributed by atoms with Crippen LogP contribution >= 0.6 is 34.8 Å². The molecule has 2 aromatic carbocycles. The molecule has 0 aliphatic rings. The molecule has 0 saturated heterocycles. The van der Waals surface area contributed by atoms with E-state index in [1.807, 2.05) is 12.1 Å². The molecule has 2 aromatic rings. The monoisotopic (exact) mass is 276 g/mol. The van der Waals surface area contributed by atoms with Gasteiger partial charge in [-0.3, -0.25) is 0 Å². The van der Waals surface area contributed by atoms with Gasteiger partial charge in [-0.05, 0) is 24.3 Å². The fourth-order valence-electron chi connectivity index (χ4n) is 0.879. The van der Waals surface area contributed by atoms with E-state index in [0.29, 0.717) is 10.0 Å². The Bertz CT molecular complexity index is 372. The van der Waals surface area contributed by atoms with Crippen molar-refractivity contribution in [1.29, 1.82) is 0 Å². The van der Waals surface area contributed by atoms with E-state index in [4.69, 9.17) is 34.8 Å². The molecule has 0 aliphatic heterocycles. The molecule has 0 N–H and O–H groups in total. The van der Waals surface area contributed by atoms with Crippen LogP contribution in [0.25, 0.3) is 0 Å². The molecule has 0 fully saturated rings. The molecule has 84 valence electrons. The molecule has 16 heavy (non-hydrogen) atoms. The number of rotatable bonds is 0. The largest absolute Gasteiger partial charge is 0.205 e. The van der Waals surface area contributed by atoms with E-state index in [1.165, 1.54) is 12.1 Å². The molecule has 0 nitrogen and oxygen atoms in total. The standard InChI is InChI=1S/C6H4Cl2.C6H4ClF/c2*7-5-3-1-2-4-6(5)8/h2*1-4H. The highest BCUT2D eigenvalue weighted by Crippen LogP contribution is 2.19. The second-order valence-corrected chi connectivity index (χ2v) is 4.05. The molecule has 0 heterocycles. The van der Waals surface area contributed by atoms with E-state index in [9.17, 15) is 4.39 Å². The molecular weight excluding hydrogens is 269 g/mol. The molecule has 4 heteroatoms. The summed E-state index contributed by atoms with van der Waals surface area (Å²) < 4.78 is 12.2. The lowest BCUT2D eigenvalue weighted by Crippen LogP contribution is -1.70. The summed E-state index contributed by atoms with van der Waals surface area (Å²) in [6, 6.07) is 13.3. The number of halogens is 4. The minimum absolute atomic E-state index is 0.174. The van der Waals surface area contributed by atoms with E-state index in [2.05, 4.69) is 0 Å². The van der Waals surface area contributed by atoms with Gasteiger partial charge in [0.2, 0.25) is 0 Å². The van der Waals surface area contributed by atoms with Crippen LogP contribution in [0, 0.1) is 5.82 Å². The van der Waals surface area contributed by atoms with Crippen LogP contribution in [0.3, 0.4) is 0 Å². The smallest absolute Gasteiger partial charge is 0.141 e. The molecule has 0 aromatic heterocycles. The molecule has 2 rings (SSSR count). The lowest BCUT2D eigenvalue weighted by Gasteiger charge is -1.88. The normalized spacial score (nSPS) is 9.25. The minimum atomic E-state index is -0.367. The Morgan fingerprint density at radius 1 is 0.625 bits per heavy atom. The third kappa shape index (κ3) is 4.40. The van der Waals surface area contributed by atoms with Gasteiger partial charge in [0.1, 0.15) is 5.82 Å². The Morgan fingerprint density at radius 2 is 1.00 bits per heavy atom. The summed E-state index contributed by atoms with van der Waals surface area (Å²) in [5.41, 5.74) is 0. The predicted molar refractivity (Wildman–Crippen MR) is 67.9 cm³/mol. The van der Waals surface area contributed by atoms with Crippen LogP contribution < -0.4 is 0 Å². The van der Waals surface area contributed by atoms with Crippen molar-refractivity contribution in [2.45, 2.75) is 0 Å². The van der Waals surface area contributed by atoms with Gasteiger partial charge in [-0.15, -0.1) is 0 Å². The van der Waals surface area contributed by atoms with Crippen molar-refractivity contribution in [3.63, 3.8) is 0 Å². The third-order valence-electron chi connectivity index (χ3n) is 1.65. The van der Waals surface area contributed by atoms with Gasteiger partial charge in [-0.1, -0.05) is 59.1 Å². The number of benzene rings is 2. The first-order chi connectivity index (χ1) is 7.61. The minimum Gasteiger partial charge on any atom is -0.205 e. The van der Waals surface area contributed by atoms with E-state index < -0.39 is 0 Å². The fraction of sp³-hybridized carbons (Fsp3) is 0. The van der Waals surface area contributed by atoms with Gasteiger partial charge in [0.05, 0.1) is 15.1 Å². The van der Waals surface area contributed by atoms with E-state index in [0.717, 1.165) is 0 Å². The first-order valence-electron chi connectivity index (χ1n) is 4.41. The number of hydrogen-bond donors (Lipinski definition) is 0. The molecule has 0 spiro atoms. The summed E-state index contributed by atoms with van der Waals surface area (Å²) >= 11 is 16.5. The van der Waals surface area contributed by atoms with Crippen molar-refractivity contribution in [2.75, 3.05) is 0 Å². The molecule has 0 bridgehead atoms. The number of hydrogen-bond acceptors (Lipinski definition) is 0. The summed E-state index contributed by atoms with van der Waals surface area (Å²) in [7, 11) is 0. The molecular formula is C12H8Cl3F. The summed E-state index contributed by atoms with van der Waals surface area (Å²) in [6.07, 6.45) is 0. The van der Waals surface area contributed by atoms with Crippen molar-refractivity contribution in [1.82, 2.24) is 0 Å². The van der Waals surface area contributed by atoms with Crippen LogP contribution in [0.4, 0.5) is 4.39 Å². The fourth-order valence-corrected chi connectivity index (χ4v) is 1.29. The first-order valence-corrected chi connectivity index (χ1v) is 5.54. The van der Waals surface area contributed by atoms with Crippen molar-refractivity contribution in [3.05, 3.63) is 69.4 Å². The Kier molecular flexibility index (Phi) is 5.61.